The van der Waals surface area contributed by atoms with E-state index in [9.17, 15) is 14.4 Å². The van der Waals surface area contributed by atoms with Crippen molar-refractivity contribution in [3.63, 3.8) is 0 Å². The Morgan fingerprint density at radius 3 is 1.90 bits per heavy atom. The van der Waals surface area contributed by atoms with Crippen LogP contribution in [0.1, 0.15) is 47.4 Å². The predicted octanol–water partition coefficient (Wildman–Crippen LogP) is 3.56. The number of ketones is 1. The summed E-state index contributed by atoms with van der Waals surface area (Å²) in [5.41, 5.74) is 1.27. The van der Waals surface area contributed by atoms with Crippen LogP contribution < -0.4 is 5.32 Å². The van der Waals surface area contributed by atoms with Crippen molar-refractivity contribution in [2.75, 3.05) is 13.1 Å². The molecule has 1 heterocycles. The van der Waals surface area contributed by atoms with Gasteiger partial charge in [-0.15, -0.1) is 0 Å². The third-order valence-electron chi connectivity index (χ3n) is 5.49. The highest BCUT2D eigenvalue weighted by molar-refractivity contribution is 5.99. The number of carbonyl (C=O) groups is 3. The highest BCUT2D eigenvalue weighted by Crippen LogP contribution is 2.23. The van der Waals surface area contributed by atoms with E-state index in [1.54, 1.807) is 29.2 Å². The molecule has 0 aromatic heterocycles. The summed E-state index contributed by atoms with van der Waals surface area (Å²) in [6.45, 7) is 4.93. The largest absolute Gasteiger partial charge is 0.341 e. The number of benzene rings is 2. The van der Waals surface area contributed by atoms with E-state index in [0.717, 1.165) is 5.56 Å². The van der Waals surface area contributed by atoms with Gasteiger partial charge in [-0.1, -0.05) is 62.4 Å². The van der Waals surface area contributed by atoms with E-state index < -0.39 is 6.04 Å². The minimum atomic E-state index is -0.580. The summed E-state index contributed by atoms with van der Waals surface area (Å²) in [5, 5.41) is 2.89. The molecule has 0 radical (unpaired) electrons. The Morgan fingerprint density at radius 2 is 1.38 bits per heavy atom. The summed E-state index contributed by atoms with van der Waals surface area (Å²) < 4.78 is 0. The number of Topliss-reactive ketones (excluding diaryl/α,β-unsaturated/α-hetero) is 1. The molecule has 1 unspecified atom stereocenters. The monoisotopic (exact) mass is 392 g/mol. The maximum absolute atomic E-state index is 13.1. The van der Waals surface area contributed by atoms with Gasteiger partial charge in [0.1, 0.15) is 6.04 Å². The van der Waals surface area contributed by atoms with Crippen molar-refractivity contribution in [2.24, 2.45) is 11.8 Å². The van der Waals surface area contributed by atoms with Crippen LogP contribution >= 0.6 is 0 Å². The Hall–Kier alpha value is -2.95. The lowest BCUT2D eigenvalue weighted by Crippen LogP contribution is -2.53. The van der Waals surface area contributed by atoms with Crippen LogP contribution in [0.4, 0.5) is 0 Å². The minimum Gasteiger partial charge on any atom is -0.341 e. The van der Waals surface area contributed by atoms with Crippen LogP contribution in [0.3, 0.4) is 0 Å². The Balaban J connectivity index is 1.60. The van der Waals surface area contributed by atoms with Gasteiger partial charge in [-0.05, 0) is 30.9 Å². The second-order valence-electron chi connectivity index (χ2n) is 7.89. The zero-order valence-corrected chi connectivity index (χ0v) is 17.0. The molecule has 3 rings (SSSR count). The van der Waals surface area contributed by atoms with Crippen LogP contribution in [0.2, 0.25) is 0 Å². The fraction of sp³-hybridized carbons (Fsp3) is 0.375. The molecule has 5 nitrogen and oxygen atoms in total. The quantitative estimate of drug-likeness (QED) is 0.765. The lowest BCUT2D eigenvalue weighted by Gasteiger charge is -2.35. The lowest BCUT2D eigenvalue weighted by molar-refractivity contribution is -0.135. The number of nitrogens with one attached hydrogen (secondary N) is 1. The van der Waals surface area contributed by atoms with Gasteiger partial charge in [0.25, 0.3) is 5.91 Å². The lowest BCUT2D eigenvalue weighted by atomic mass is 9.88. The topological polar surface area (TPSA) is 66.5 Å². The zero-order valence-electron chi connectivity index (χ0n) is 17.0. The Bertz CT molecular complexity index is 841. The van der Waals surface area contributed by atoms with Gasteiger partial charge < -0.3 is 10.2 Å². The van der Waals surface area contributed by atoms with Crippen LogP contribution in [0, 0.1) is 11.8 Å². The van der Waals surface area contributed by atoms with E-state index in [1.165, 1.54) is 0 Å². The van der Waals surface area contributed by atoms with Crippen LogP contribution in [-0.4, -0.2) is 41.6 Å². The van der Waals surface area contributed by atoms with Crippen molar-refractivity contribution in [2.45, 2.75) is 32.7 Å². The number of hydrogen-bond acceptors (Lipinski definition) is 3. The molecule has 1 fully saturated rings. The molecule has 152 valence electrons. The first-order valence-electron chi connectivity index (χ1n) is 10.2. The molecule has 1 saturated heterocycles. The average molecular weight is 392 g/mol. The normalized spacial score (nSPS) is 15.8. The summed E-state index contributed by atoms with van der Waals surface area (Å²) in [6.07, 6.45) is 1.30. The van der Waals surface area contributed by atoms with Crippen molar-refractivity contribution in [3.8, 4) is 0 Å². The van der Waals surface area contributed by atoms with Gasteiger partial charge in [0, 0.05) is 30.1 Å². The van der Waals surface area contributed by atoms with Gasteiger partial charge in [-0.25, -0.2) is 0 Å². The zero-order chi connectivity index (χ0) is 20.8. The van der Waals surface area contributed by atoms with Crippen LogP contribution in [0.15, 0.2) is 60.7 Å². The Labute approximate surface area is 172 Å². The second-order valence-corrected chi connectivity index (χ2v) is 7.89. The number of carbonyl (C=O) groups excluding carboxylic acids is 3. The second kappa shape index (κ2) is 9.50. The average Bonchev–Trinajstić information content (AvgIpc) is 2.77. The maximum atomic E-state index is 13.1. The number of nitrogens with zero attached hydrogens (tertiary/aromatic N) is 1. The van der Waals surface area contributed by atoms with Crippen LogP contribution in [0.25, 0.3) is 0 Å². The first kappa shape index (κ1) is 20.8. The van der Waals surface area contributed by atoms with Gasteiger partial charge in [0.15, 0.2) is 5.78 Å². The first-order valence-corrected chi connectivity index (χ1v) is 10.2. The SMILES string of the molecule is CC(C)C(NC(=O)c1ccccc1)C(=O)N1CCC(C(=O)c2ccccc2)CC1. The number of hydrogen-bond donors (Lipinski definition) is 1. The number of piperidine rings is 1. The molecule has 0 spiro atoms. The summed E-state index contributed by atoms with van der Waals surface area (Å²) in [4.78, 5) is 40.0. The highest BCUT2D eigenvalue weighted by Gasteiger charge is 2.33. The summed E-state index contributed by atoms with van der Waals surface area (Å²) in [5.74, 6) is -0.256. The Kier molecular flexibility index (Phi) is 6.81. The van der Waals surface area contributed by atoms with Gasteiger partial charge in [-0.3, -0.25) is 14.4 Å². The van der Waals surface area contributed by atoms with Gasteiger partial charge in [0.05, 0.1) is 0 Å². The smallest absolute Gasteiger partial charge is 0.251 e. The molecule has 1 aliphatic rings. The van der Waals surface area contributed by atoms with Gasteiger partial charge >= 0.3 is 0 Å². The molecule has 0 bridgehead atoms. The molecule has 0 aliphatic carbocycles. The van der Waals surface area contributed by atoms with Crippen molar-refractivity contribution < 1.29 is 14.4 Å². The standard InChI is InChI=1S/C24H28N2O3/c1-17(2)21(25-23(28)20-11-7-4-8-12-20)24(29)26-15-13-19(14-16-26)22(27)18-9-5-3-6-10-18/h3-12,17,19,21H,13-16H2,1-2H3,(H,25,28). The molecule has 1 aliphatic heterocycles. The van der Waals surface area contributed by atoms with Crippen LogP contribution in [0.5, 0.6) is 0 Å². The van der Waals surface area contributed by atoms with Crippen molar-refractivity contribution in [3.05, 3.63) is 71.8 Å². The van der Waals surface area contributed by atoms with Crippen molar-refractivity contribution in [1.82, 2.24) is 10.2 Å². The van der Waals surface area contributed by atoms with Crippen LogP contribution in [-0.2, 0) is 4.79 Å². The minimum absolute atomic E-state index is 0.0289. The molecule has 0 saturated carbocycles. The third kappa shape index (κ3) is 5.11. The van der Waals surface area contributed by atoms with Gasteiger partial charge in [-0.2, -0.15) is 0 Å². The van der Waals surface area contributed by atoms with E-state index in [-0.39, 0.29) is 29.4 Å². The maximum Gasteiger partial charge on any atom is 0.251 e. The molecule has 1 N–H and O–H groups in total. The predicted molar refractivity (Wildman–Crippen MR) is 113 cm³/mol. The first-order chi connectivity index (χ1) is 14.0. The summed E-state index contributed by atoms with van der Waals surface area (Å²) in [6, 6.07) is 17.7. The highest BCUT2D eigenvalue weighted by atomic mass is 16.2. The Morgan fingerprint density at radius 1 is 0.862 bits per heavy atom. The van der Waals surface area contributed by atoms with E-state index in [2.05, 4.69) is 5.32 Å². The van der Waals surface area contributed by atoms with E-state index in [0.29, 0.717) is 31.5 Å². The third-order valence-corrected chi connectivity index (χ3v) is 5.49. The molecule has 29 heavy (non-hydrogen) atoms. The molecule has 2 aromatic carbocycles. The number of rotatable bonds is 6. The molecular formula is C24H28N2O3. The molecule has 5 heteroatoms. The fourth-order valence-corrected chi connectivity index (χ4v) is 3.72. The van der Waals surface area contributed by atoms with Crippen molar-refractivity contribution in [1.29, 1.82) is 0 Å². The summed E-state index contributed by atoms with van der Waals surface area (Å²) in [7, 11) is 0. The molecule has 2 aromatic rings. The molecular weight excluding hydrogens is 364 g/mol. The van der Waals surface area contributed by atoms with E-state index >= 15 is 0 Å². The summed E-state index contributed by atoms with van der Waals surface area (Å²) >= 11 is 0. The van der Waals surface area contributed by atoms with Crippen molar-refractivity contribution >= 4 is 17.6 Å². The van der Waals surface area contributed by atoms with E-state index in [1.807, 2.05) is 50.2 Å². The van der Waals surface area contributed by atoms with Gasteiger partial charge in [0.2, 0.25) is 5.91 Å². The fourth-order valence-electron chi connectivity index (χ4n) is 3.72. The number of amides is 2. The number of likely N-dealkylation sites (tertiary alicyclic amines) is 1. The van der Waals surface area contributed by atoms with E-state index in [4.69, 9.17) is 0 Å². The molecule has 2 amide bonds. The molecule has 1 atom stereocenters.